The minimum atomic E-state index is -3.71. The van der Waals surface area contributed by atoms with E-state index in [9.17, 15) is 18.5 Å². The van der Waals surface area contributed by atoms with E-state index in [0.29, 0.717) is 38.0 Å². The maximum Gasteiger partial charge on any atom is 0.280 e. The molecule has 29 heavy (non-hydrogen) atoms. The second-order valence-corrected chi connectivity index (χ2v) is 10.5. The highest BCUT2D eigenvalue weighted by atomic mass is 32.2. The molecular weight excluding hydrogens is 388 g/mol. The number of carbonyl (C=O) groups excluding carboxylic acids is 1. The third kappa shape index (κ3) is 4.63. The molecule has 158 valence electrons. The predicted octanol–water partition coefficient (Wildman–Crippen LogP) is 0.340. The van der Waals surface area contributed by atoms with Gasteiger partial charge in [-0.15, -0.1) is 0 Å². The van der Waals surface area contributed by atoms with E-state index in [2.05, 4.69) is 13.8 Å². The average molecular weight is 420 g/mol. The molecule has 3 atom stereocenters. The fourth-order valence-corrected chi connectivity index (χ4v) is 6.24. The number of amides is 1. The highest BCUT2D eigenvalue weighted by Gasteiger charge is 2.37. The van der Waals surface area contributed by atoms with Gasteiger partial charge in [-0.2, -0.15) is 9.57 Å². The number of nitriles is 1. The molecule has 2 saturated heterocycles. The summed E-state index contributed by atoms with van der Waals surface area (Å²) in [5.41, 5.74) is 0.166. The third-order valence-electron chi connectivity index (χ3n) is 6.15. The lowest BCUT2D eigenvalue weighted by Crippen LogP contribution is -3.19. The Morgan fingerprint density at radius 2 is 1.76 bits per heavy atom. The Morgan fingerprint density at radius 1 is 1.17 bits per heavy atom. The molecule has 1 N–H and O–H groups in total. The number of carbonyl (C=O) groups is 1. The second kappa shape index (κ2) is 8.82. The van der Waals surface area contributed by atoms with Crippen molar-refractivity contribution in [3.63, 3.8) is 0 Å². The predicted molar refractivity (Wildman–Crippen MR) is 110 cm³/mol. The highest BCUT2D eigenvalue weighted by molar-refractivity contribution is 7.89. The number of sulfonamides is 1. The number of nitrogens with one attached hydrogen (secondary N) is 1. The second-order valence-electron chi connectivity index (χ2n) is 8.58. The number of hydrogen-bond donors (Lipinski definition) is 1. The Morgan fingerprint density at radius 3 is 2.34 bits per heavy atom. The van der Waals surface area contributed by atoms with Gasteiger partial charge in [0.1, 0.15) is 6.07 Å². The molecule has 0 aromatic heterocycles. The topological polar surface area (TPSA) is 85.9 Å². The van der Waals surface area contributed by atoms with Crippen LogP contribution in [0.5, 0.6) is 0 Å². The Labute approximate surface area is 173 Å². The van der Waals surface area contributed by atoms with Crippen molar-refractivity contribution in [1.29, 1.82) is 5.26 Å². The zero-order valence-electron chi connectivity index (χ0n) is 17.5. The van der Waals surface area contributed by atoms with Crippen LogP contribution >= 0.6 is 0 Å². The summed E-state index contributed by atoms with van der Waals surface area (Å²) in [4.78, 5) is 16.2. The summed E-state index contributed by atoms with van der Waals surface area (Å²) in [5, 5.41) is 9.24. The van der Waals surface area contributed by atoms with E-state index in [1.807, 2.05) is 17.9 Å². The van der Waals surface area contributed by atoms with E-state index in [-0.39, 0.29) is 22.4 Å². The number of rotatable bonds is 4. The molecule has 0 radical (unpaired) electrons. The number of piperazine rings is 1. The number of nitrogens with zero attached hydrogens (tertiary/aromatic N) is 3. The van der Waals surface area contributed by atoms with Crippen LogP contribution in [-0.4, -0.2) is 68.8 Å². The molecule has 1 aromatic carbocycles. The standard InChI is InChI=1S/C21H30N4O3S/c1-16-12-17(2)15-24(14-16)21(26)18(3)23-8-10-25(11-9-23)29(27,28)20-7-5-4-6-19(20)13-22/h4-7,16-18H,8-12,14-15H2,1-3H3/p+1/t16-,17+,18-/m1/s1. The summed E-state index contributed by atoms with van der Waals surface area (Å²) in [7, 11) is -3.71. The first kappa shape index (κ1) is 21.8. The smallest absolute Gasteiger partial charge is 0.280 e. The van der Waals surface area contributed by atoms with Crippen molar-refractivity contribution in [3.8, 4) is 6.07 Å². The van der Waals surface area contributed by atoms with Gasteiger partial charge in [0.15, 0.2) is 6.04 Å². The van der Waals surface area contributed by atoms with E-state index in [0.717, 1.165) is 24.4 Å². The van der Waals surface area contributed by atoms with Gasteiger partial charge in [0.05, 0.1) is 36.6 Å². The van der Waals surface area contributed by atoms with Gasteiger partial charge in [0.2, 0.25) is 10.0 Å². The fraction of sp³-hybridized carbons (Fsp3) is 0.619. The lowest BCUT2D eigenvalue weighted by atomic mass is 9.91. The van der Waals surface area contributed by atoms with E-state index < -0.39 is 10.0 Å². The summed E-state index contributed by atoms with van der Waals surface area (Å²) in [6, 6.07) is 8.09. The maximum atomic E-state index is 13.0. The first-order valence-corrected chi connectivity index (χ1v) is 11.8. The lowest BCUT2D eigenvalue weighted by Gasteiger charge is -2.39. The van der Waals surface area contributed by atoms with Crippen molar-refractivity contribution >= 4 is 15.9 Å². The number of quaternary nitrogens is 1. The molecule has 0 bridgehead atoms. The van der Waals surface area contributed by atoms with Crippen LogP contribution in [0.2, 0.25) is 0 Å². The minimum Gasteiger partial charge on any atom is -0.337 e. The number of benzene rings is 1. The normalized spacial score (nSPS) is 25.4. The summed E-state index contributed by atoms with van der Waals surface area (Å²) in [6.07, 6.45) is 1.16. The molecule has 0 saturated carbocycles. The van der Waals surface area contributed by atoms with Crippen LogP contribution in [0.3, 0.4) is 0 Å². The van der Waals surface area contributed by atoms with Gasteiger partial charge < -0.3 is 9.80 Å². The van der Waals surface area contributed by atoms with E-state index >= 15 is 0 Å². The SMILES string of the molecule is C[C@@H]1C[C@H](C)CN(C(=O)[C@@H](C)[NH+]2CCN(S(=O)(=O)c3ccccc3C#N)CC2)C1. The van der Waals surface area contributed by atoms with Crippen molar-refractivity contribution in [2.75, 3.05) is 39.3 Å². The van der Waals surface area contributed by atoms with Crippen LogP contribution in [-0.2, 0) is 14.8 Å². The van der Waals surface area contributed by atoms with Crippen molar-refractivity contribution in [1.82, 2.24) is 9.21 Å². The summed E-state index contributed by atoms with van der Waals surface area (Å²) in [5.74, 6) is 1.21. The van der Waals surface area contributed by atoms with E-state index in [1.165, 1.54) is 16.4 Å². The molecule has 1 aromatic rings. The van der Waals surface area contributed by atoms with Crippen molar-refractivity contribution in [2.24, 2.45) is 11.8 Å². The summed E-state index contributed by atoms with van der Waals surface area (Å²) >= 11 is 0. The molecule has 0 aliphatic carbocycles. The third-order valence-corrected chi connectivity index (χ3v) is 8.11. The van der Waals surface area contributed by atoms with Gasteiger partial charge in [0, 0.05) is 13.1 Å². The first-order chi connectivity index (χ1) is 13.7. The number of likely N-dealkylation sites (tertiary alicyclic amines) is 1. The van der Waals surface area contributed by atoms with E-state index in [1.54, 1.807) is 12.1 Å². The van der Waals surface area contributed by atoms with Crippen LogP contribution in [0, 0.1) is 23.2 Å². The Balaban J connectivity index is 1.64. The van der Waals surface area contributed by atoms with Crippen LogP contribution in [0.15, 0.2) is 29.2 Å². The van der Waals surface area contributed by atoms with Gasteiger partial charge in [0.25, 0.3) is 5.91 Å². The first-order valence-electron chi connectivity index (χ1n) is 10.4. The fourth-order valence-electron chi connectivity index (χ4n) is 4.66. The maximum absolute atomic E-state index is 13.0. The molecule has 7 nitrogen and oxygen atoms in total. The minimum absolute atomic E-state index is 0.0615. The number of piperidine rings is 1. The van der Waals surface area contributed by atoms with Gasteiger partial charge in [-0.3, -0.25) is 4.79 Å². The Kier molecular flexibility index (Phi) is 6.62. The molecule has 8 heteroatoms. The quantitative estimate of drug-likeness (QED) is 0.763. The van der Waals surface area contributed by atoms with Crippen molar-refractivity contribution in [3.05, 3.63) is 29.8 Å². The van der Waals surface area contributed by atoms with Crippen LogP contribution in [0.25, 0.3) is 0 Å². The molecule has 2 aliphatic heterocycles. The molecule has 2 heterocycles. The average Bonchev–Trinajstić information content (AvgIpc) is 2.72. The summed E-state index contributed by atoms with van der Waals surface area (Å²) in [6.45, 7) is 9.82. The Hall–Kier alpha value is -1.95. The van der Waals surface area contributed by atoms with Gasteiger partial charge in [-0.25, -0.2) is 8.42 Å². The molecule has 1 amide bonds. The van der Waals surface area contributed by atoms with Crippen molar-refractivity contribution in [2.45, 2.75) is 38.1 Å². The summed E-state index contributed by atoms with van der Waals surface area (Å²) < 4.78 is 27.4. The number of hydrogen-bond acceptors (Lipinski definition) is 4. The molecular formula is C21H31N4O3S+. The molecule has 2 fully saturated rings. The lowest BCUT2D eigenvalue weighted by molar-refractivity contribution is -0.918. The zero-order valence-corrected chi connectivity index (χ0v) is 18.3. The molecule has 3 rings (SSSR count). The largest absolute Gasteiger partial charge is 0.337 e. The van der Waals surface area contributed by atoms with Crippen molar-refractivity contribution < 1.29 is 18.1 Å². The molecule has 0 unspecified atom stereocenters. The molecule has 0 spiro atoms. The Bertz CT molecular complexity index is 877. The van der Waals surface area contributed by atoms with E-state index in [4.69, 9.17) is 0 Å². The van der Waals surface area contributed by atoms with Gasteiger partial charge in [-0.1, -0.05) is 26.0 Å². The van der Waals surface area contributed by atoms with Gasteiger partial charge >= 0.3 is 0 Å². The van der Waals surface area contributed by atoms with Gasteiger partial charge in [-0.05, 0) is 37.3 Å². The van der Waals surface area contributed by atoms with Crippen LogP contribution < -0.4 is 4.90 Å². The van der Waals surface area contributed by atoms with Crippen LogP contribution in [0.4, 0.5) is 0 Å². The zero-order chi connectivity index (χ0) is 21.2. The van der Waals surface area contributed by atoms with Crippen LogP contribution in [0.1, 0.15) is 32.8 Å². The monoisotopic (exact) mass is 419 g/mol. The molecule has 2 aliphatic rings. The highest BCUT2D eigenvalue weighted by Crippen LogP contribution is 2.22.